The Morgan fingerprint density at radius 3 is 2.56 bits per heavy atom. The van der Waals surface area contributed by atoms with Crippen LogP contribution in [-0.2, 0) is 16.6 Å². The number of nitrogens with one attached hydrogen (secondary N) is 1. The van der Waals surface area contributed by atoms with E-state index >= 15 is 0 Å². The van der Waals surface area contributed by atoms with Gasteiger partial charge in [0.05, 0.1) is 5.39 Å². The van der Waals surface area contributed by atoms with E-state index < -0.39 is 23.8 Å². The standard InChI is InChI=1S/C19H16FN3O4/c1-11(17(24)21-13-7-5-6-12(20)10-13)27-19(26)16-14-8-3-4-9-15(14)18(25)23(2)22-16/h3-11H,1-2H3,(H,21,24)/t11-/m1/s1. The van der Waals surface area contributed by atoms with Crippen LogP contribution < -0.4 is 10.9 Å². The number of hydrogen-bond acceptors (Lipinski definition) is 5. The highest BCUT2D eigenvalue weighted by molar-refractivity contribution is 6.03. The lowest BCUT2D eigenvalue weighted by molar-refractivity contribution is -0.123. The predicted octanol–water partition coefficient (Wildman–Crippen LogP) is 2.26. The summed E-state index contributed by atoms with van der Waals surface area (Å²) in [5.41, 5.74) is -0.175. The Bertz CT molecular complexity index is 1090. The third-order valence-electron chi connectivity index (χ3n) is 3.90. The number of carbonyl (C=O) groups is 2. The van der Waals surface area contributed by atoms with Gasteiger partial charge in [-0.2, -0.15) is 5.10 Å². The zero-order chi connectivity index (χ0) is 19.6. The Morgan fingerprint density at radius 1 is 1.15 bits per heavy atom. The summed E-state index contributed by atoms with van der Waals surface area (Å²) in [6.07, 6.45) is -1.15. The number of carbonyl (C=O) groups excluding carboxylic acids is 2. The number of benzene rings is 2. The van der Waals surface area contributed by atoms with Gasteiger partial charge in [-0.3, -0.25) is 9.59 Å². The minimum Gasteiger partial charge on any atom is -0.448 e. The molecule has 8 heteroatoms. The molecule has 1 amide bonds. The van der Waals surface area contributed by atoms with Crippen molar-refractivity contribution in [3.8, 4) is 0 Å². The minimum atomic E-state index is -1.15. The maximum Gasteiger partial charge on any atom is 0.360 e. The smallest absolute Gasteiger partial charge is 0.360 e. The Labute approximate surface area is 153 Å². The van der Waals surface area contributed by atoms with Crippen LogP contribution in [0.2, 0.25) is 0 Å². The van der Waals surface area contributed by atoms with Gasteiger partial charge < -0.3 is 10.1 Å². The van der Waals surface area contributed by atoms with Crippen LogP contribution in [0, 0.1) is 5.82 Å². The highest BCUT2D eigenvalue weighted by Crippen LogP contribution is 2.15. The lowest BCUT2D eigenvalue weighted by Gasteiger charge is -2.14. The van der Waals surface area contributed by atoms with Gasteiger partial charge in [-0.15, -0.1) is 0 Å². The molecular weight excluding hydrogens is 353 g/mol. The van der Waals surface area contributed by atoms with Crippen molar-refractivity contribution in [2.75, 3.05) is 5.32 Å². The second-order valence-corrected chi connectivity index (χ2v) is 5.87. The summed E-state index contributed by atoms with van der Waals surface area (Å²) in [5, 5.41) is 7.08. The number of hydrogen-bond donors (Lipinski definition) is 1. The molecule has 1 aromatic heterocycles. The molecule has 138 valence electrons. The van der Waals surface area contributed by atoms with Crippen molar-refractivity contribution in [1.82, 2.24) is 9.78 Å². The summed E-state index contributed by atoms with van der Waals surface area (Å²) >= 11 is 0. The molecule has 1 N–H and O–H groups in total. The SMILES string of the molecule is C[C@@H](OC(=O)c1nn(C)c(=O)c2ccccc12)C(=O)Nc1cccc(F)c1. The van der Waals surface area contributed by atoms with Crippen LogP contribution in [-0.4, -0.2) is 27.8 Å². The van der Waals surface area contributed by atoms with Gasteiger partial charge in [-0.1, -0.05) is 24.3 Å². The van der Waals surface area contributed by atoms with Gasteiger partial charge in [0.1, 0.15) is 5.82 Å². The molecule has 0 aliphatic heterocycles. The van der Waals surface area contributed by atoms with Gasteiger partial charge in [-0.05, 0) is 31.2 Å². The van der Waals surface area contributed by atoms with Crippen molar-refractivity contribution in [3.05, 3.63) is 70.4 Å². The molecule has 0 spiro atoms. The molecule has 0 bridgehead atoms. The number of amides is 1. The first kappa shape index (κ1) is 18.2. The summed E-state index contributed by atoms with van der Waals surface area (Å²) in [4.78, 5) is 36.8. The van der Waals surface area contributed by atoms with Gasteiger partial charge in [0.25, 0.3) is 11.5 Å². The Balaban J connectivity index is 1.81. The number of fused-ring (bicyclic) bond motifs is 1. The van der Waals surface area contributed by atoms with Crippen molar-refractivity contribution in [3.63, 3.8) is 0 Å². The molecule has 0 saturated heterocycles. The molecule has 3 aromatic rings. The Morgan fingerprint density at radius 2 is 1.85 bits per heavy atom. The first-order chi connectivity index (χ1) is 12.9. The molecule has 0 fully saturated rings. The number of esters is 1. The van der Waals surface area contributed by atoms with Crippen molar-refractivity contribution in [2.24, 2.45) is 7.05 Å². The number of anilines is 1. The molecule has 2 aromatic carbocycles. The second kappa shape index (κ2) is 7.36. The van der Waals surface area contributed by atoms with Crippen LogP contribution in [0.15, 0.2) is 53.3 Å². The maximum atomic E-state index is 13.2. The molecular formula is C19H16FN3O4. The van der Waals surface area contributed by atoms with E-state index in [1.165, 1.54) is 32.2 Å². The molecule has 0 unspecified atom stereocenters. The molecule has 7 nitrogen and oxygen atoms in total. The fourth-order valence-electron chi connectivity index (χ4n) is 2.53. The van der Waals surface area contributed by atoms with Crippen molar-refractivity contribution in [2.45, 2.75) is 13.0 Å². The summed E-state index contributed by atoms with van der Waals surface area (Å²) in [5.74, 6) is -1.97. The number of nitrogens with zero attached hydrogens (tertiary/aromatic N) is 2. The number of aromatic nitrogens is 2. The Kier molecular flexibility index (Phi) is 4.98. The zero-order valence-electron chi connectivity index (χ0n) is 14.6. The molecule has 0 aliphatic carbocycles. The first-order valence-corrected chi connectivity index (χ1v) is 8.10. The third-order valence-corrected chi connectivity index (χ3v) is 3.90. The van der Waals surface area contributed by atoms with Crippen LogP contribution in [0.5, 0.6) is 0 Å². The van der Waals surface area contributed by atoms with E-state index in [0.717, 1.165) is 10.7 Å². The molecule has 3 rings (SSSR count). The average molecular weight is 369 g/mol. The quantitative estimate of drug-likeness (QED) is 0.713. The number of ether oxygens (including phenoxy) is 1. The summed E-state index contributed by atoms with van der Waals surface area (Å²) in [6, 6.07) is 11.9. The number of aryl methyl sites for hydroxylation is 1. The second-order valence-electron chi connectivity index (χ2n) is 5.87. The minimum absolute atomic E-state index is 0.0712. The largest absolute Gasteiger partial charge is 0.448 e. The first-order valence-electron chi connectivity index (χ1n) is 8.10. The van der Waals surface area contributed by atoms with Gasteiger partial charge in [0, 0.05) is 18.1 Å². The third kappa shape index (κ3) is 3.84. The van der Waals surface area contributed by atoms with Crippen LogP contribution in [0.25, 0.3) is 10.8 Å². The molecule has 0 saturated carbocycles. The number of halogens is 1. The van der Waals surface area contributed by atoms with Gasteiger partial charge >= 0.3 is 5.97 Å². The monoisotopic (exact) mass is 369 g/mol. The number of rotatable bonds is 4. The normalized spacial score (nSPS) is 11.8. The summed E-state index contributed by atoms with van der Waals surface area (Å²) in [6.45, 7) is 1.39. The van der Waals surface area contributed by atoms with E-state index in [0.29, 0.717) is 10.8 Å². The van der Waals surface area contributed by atoms with Crippen molar-refractivity contribution >= 4 is 28.3 Å². The van der Waals surface area contributed by atoms with E-state index in [4.69, 9.17) is 4.74 Å². The average Bonchev–Trinajstić information content (AvgIpc) is 2.64. The van der Waals surface area contributed by atoms with E-state index in [-0.39, 0.29) is 16.9 Å². The van der Waals surface area contributed by atoms with Gasteiger partial charge in [0.2, 0.25) is 0 Å². The van der Waals surface area contributed by atoms with E-state index in [2.05, 4.69) is 10.4 Å². The lowest BCUT2D eigenvalue weighted by Crippen LogP contribution is -2.31. The zero-order valence-corrected chi connectivity index (χ0v) is 14.6. The van der Waals surface area contributed by atoms with Crippen LogP contribution >= 0.6 is 0 Å². The van der Waals surface area contributed by atoms with Gasteiger partial charge in [0.15, 0.2) is 11.8 Å². The lowest BCUT2D eigenvalue weighted by atomic mass is 10.1. The van der Waals surface area contributed by atoms with E-state index in [1.54, 1.807) is 24.3 Å². The summed E-state index contributed by atoms with van der Waals surface area (Å²) in [7, 11) is 1.42. The molecule has 1 atom stereocenters. The molecule has 0 aliphatic rings. The molecule has 1 heterocycles. The fraction of sp³-hybridized carbons (Fsp3) is 0.158. The highest BCUT2D eigenvalue weighted by atomic mass is 19.1. The topological polar surface area (TPSA) is 90.3 Å². The maximum absolute atomic E-state index is 13.2. The highest BCUT2D eigenvalue weighted by Gasteiger charge is 2.23. The van der Waals surface area contributed by atoms with Gasteiger partial charge in [-0.25, -0.2) is 13.9 Å². The van der Waals surface area contributed by atoms with Crippen molar-refractivity contribution < 1.29 is 18.7 Å². The van der Waals surface area contributed by atoms with E-state index in [9.17, 15) is 18.8 Å². The summed E-state index contributed by atoms with van der Waals surface area (Å²) < 4.78 is 19.4. The fourth-order valence-corrected chi connectivity index (χ4v) is 2.53. The predicted molar refractivity (Wildman–Crippen MR) is 96.9 cm³/mol. The van der Waals surface area contributed by atoms with Crippen LogP contribution in [0.3, 0.4) is 0 Å². The Hall–Kier alpha value is -3.55. The van der Waals surface area contributed by atoms with Crippen LogP contribution in [0.4, 0.5) is 10.1 Å². The van der Waals surface area contributed by atoms with Crippen molar-refractivity contribution in [1.29, 1.82) is 0 Å². The molecule has 0 radical (unpaired) electrons. The van der Waals surface area contributed by atoms with E-state index in [1.807, 2.05) is 0 Å². The van der Waals surface area contributed by atoms with Crippen LogP contribution in [0.1, 0.15) is 17.4 Å². The molecule has 27 heavy (non-hydrogen) atoms.